The zero-order valence-electron chi connectivity index (χ0n) is 16.3. The molecule has 3 heterocycles. The number of hydrogen-bond donors (Lipinski definition) is 1. The maximum absolute atomic E-state index is 13.5. The molecule has 0 spiro atoms. The number of fused-ring (bicyclic) bond motifs is 2. The molecule has 1 aromatic carbocycles. The molecular weight excluding hydrogens is 418 g/mol. The molecule has 0 radical (unpaired) electrons. The number of aromatic nitrogens is 2. The maximum atomic E-state index is 13.5. The van der Waals surface area contributed by atoms with Gasteiger partial charge in [-0.25, -0.2) is 13.8 Å². The van der Waals surface area contributed by atoms with Crippen LogP contribution in [0.15, 0.2) is 35.3 Å². The van der Waals surface area contributed by atoms with E-state index in [2.05, 4.69) is 4.98 Å². The van der Waals surface area contributed by atoms with Crippen molar-refractivity contribution in [2.24, 2.45) is 0 Å². The van der Waals surface area contributed by atoms with Gasteiger partial charge < -0.3 is 14.4 Å². The molecule has 30 heavy (non-hydrogen) atoms. The Morgan fingerprint density at radius 2 is 1.93 bits per heavy atom. The number of halogens is 3. The van der Waals surface area contributed by atoms with E-state index in [1.54, 1.807) is 6.07 Å². The summed E-state index contributed by atoms with van der Waals surface area (Å²) in [5, 5.41) is 10.5. The summed E-state index contributed by atoms with van der Waals surface area (Å²) in [5.74, 6) is -2.63. The number of esters is 1. The lowest BCUT2D eigenvalue weighted by atomic mass is 10.0. The summed E-state index contributed by atoms with van der Waals surface area (Å²) in [6.07, 6.45) is 0.126. The number of hydrogen-bond acceptors (Lipinski definition) is 5. The van der Waals surface area contributed by atoms with Crippen molar-refractivity contribution in [1.29, 1.82) is 0 Å². The van der Waals surface area contributed by atoms with Crippen LogP contribution in [0.4, 0.5) is 8.78 Å². The molecule has 1 aliphatic rings. The van der Waals surface area contributed by atoms with Crippen LogP contribution in [0.3, 0.4) is 0 Å². The van der Waals surface area contributed by atoms with Crippen LogP contribution >= 0.6 is 11.6 Å². The summed E-state index contributed by atoms with van der Waals surface area (Å²) in [6.45, 7) is 3.77. The van der Waals surface area contributed by atoms with Gasteiger partial charge in [-0.15, -0.1) is 0 Å². The second kappa shape index (κ2) is 8.89. The number of nitrogens with zero attached hydrogens (tertiary/aromatic N) is 2. The minimum absolute atomic E-state index is 0.0108. The third-order valence-electron chi connectivity index (χ3n) is 4.62. The Hall–Kier alpha value is -2.84. The van der Waals surface area contributed by atoms with Crippen LogP contribution in [0.1, 0.15) is 43.1 Å². The highest BCUT2D eigenvalue weighted by atomic mass is 35.5. The average Bonchev–Trinajstić information content (AvgIpc) is 2.86. The van der Waals surface area contributed by atoms with Crippen molar-refractivity contribution in [2.45, 2.75) is 39.5 Å². The summed E-state index contributed by atoms with van der Waals surface area (Å²) < 4.78 is 33.2. The molecule has 0 bridgehead atoms. The maximum Gasteiger partial charge on any atom is 0.309 e. The Balaban J connectivity index is 0.00000124. The zero-order chi connectivity index (χ0) is 22.0. The molecule has 6 nitrogen and oxygen atoms in total. The van der Waals surface area contributed by atoms with Crippen molar-refractivity contribution in [3.05, 3.63) is 74.3 Å². The van der Waals surface area contributed by atoms with Gasteiger partial charge >= 0.3 is 5.97 Å². The summed E-state index contributed by atoms with van der Waals surface area (Å²) in [7, 11) is 0. The fourth-order valence-corrected chi connectivity index (χ4v) is 3.39. The standard InChI is InChI=1S/C19H13ClF2N2O4.C2H6/c20-18-10(3-9-4-13(21)14(22)5-15(9)23-18)7-24-2-1-11-12(19(24)27)8-28-17(26)6-16(11)25;1-2/h1-5,16,25H,6-8H2;1-2H3. The number of benzene rings is 1. The van der Waals surface area contributed by atoms with Gasteiger partial charge in [0.2, 0.25) is 0 Å². The third-order valence-corrected chi connectivity index (χ3v) is 4.95. The van der Waals surface area contributed by atoms with E-state index in [1.165, 1.54) is 16.8 Å². The van der Waals surface area contributed by atoms with E-state index >= 15 is 0 Å². The van der Waals surface area contributed by atoms with E-state index in [1.807, 2.05) is 13.8 Å². The summed E-state index contributed by atoms with van der Waals surface area (Å²) in [5.41, 5.74) is 0.685. The first-order valence-corrected chi connectivity index (χ1v) is 9.71. The number of ether oxygens (including phenoxy) is 1. The molecule has 0 fully saturated rings. The summed E-state index contributed by atoms with van der Waals surface area (Å²) in [4.78, 5) is 28.3. The molecule has 1 N–H and O–H groups in total. The summed E-state index contributed by atoms with van der Waals surface area (Å²) in [6, 6.07) is 5.03. The Morgan fingerprint density at radius 1 is 1.23 bits per heavy atom. The lowest BCUT2D eigenvalue weighted by Crippen LogP contribution is -2.26. The number of carbonyl (C=O) groups excluding carboxylic acids is 1. The minimum Gasteiger partial charge on any atom is -0.460 e. The van der Waals surface area contributed by atoms with E-state index in [9.17, 15) is 23.5 Å². The van der Waals surface area contributed by atoms with Crippen molar-refractivity contribution >= 4 is 28.5 Å². The van der Waals surface area contributed by atoms with Gasteiger partial charge in [0.1, 0.15) is 11.8 Å². The largest absolute Gasteiger partial charge is 0.460 e. The zero-order valence-corrected chi connectivity index (χ0v) is 17.0. The molecule has 1 unspecified atom stereocenters. The quantitative estimate of drug-likeness (QED) is 0.487. The Kier molecular flexibility index (Phi) is 6.48. The van der Waals surface area contributed by atoms with Crippen molar-refractivity contribution in [1.82, 2.24) is 9.55 Å². The monoisotopic (exact) mass is 436 g/mol. The minimum atomic E-state index is -1.11. The third kappa shape index (κ3) is 4.20. The van der Waals surface area contributed by atoms with Crippen LogP contribution in [0.5, 0.6) is 0 Å². The molecule has 2 aromatic heterocycles. The second-order valence-electron chi connectivity index (χ2n) is 6.46. The normalized spacial score (nSPS) is 15.7. The molecule has 0 saturated carbocycles. The SMILES string of the molecule is CC.O=C1CC(O)c2ccn(Cc3cc4cc(F)c(F)cc4nc3Cl)c(=O)c2CO1. The molecule has 0 aliphatic carbocycles. The Labute approximate surface area is 175 Å². The first-order valence-electron chi connectivity index (χ1n) is 9.33. The van der Waals surface area contributed by atoms with Crippen molar-refractivity contribution < 1.29 is 23.4 Å². The van der Waals surface area contributed by atoms with Crippen LogP contribution in [0.25, 0.3) is 10.9 Å². The molecule has 0 saturated heterocycles. The van der Waals surface area contributed by atoms with Gasteiger partial charge in [-0.2, -0.15) is 0 Å². The van der Waals surface area contributed by atoms with E-state index in [4.69, 9.17) is 16.3 Å². The molecule has 0 amide bonds. The highest BCUT2D eigenvalue weighted by molar-refractivity contribution is 6.30. The van der Waals surface area contributed by atoms with E-state index in [0.29, 0.717) is 16.5 Å². The molecule has 9 heteroatoms. The summed E-state index contributed by atoms with van der Waals surface area (Å²) >= 11 is 6.16. The molecule has 1 aliphatic heterocycles. The van der Waals surface area contributed by atoms with E-state index < -0.39 is 29.3 Å². The van der Waals surface area contributed by atoms with Crippen LogP contribution in [-0.4, -0.2) is 20.6 Å². The molecule has 158 valence electrons. The number of pyridine rings is 2. The van der Waals surface area contributed by atoms with E-state index in [-0.39, 0.29) is 35.8 Å². The Bertz CT molecular complexity index is 1180. The van der Waals surface area contributed by atoms with Gasteiger partial charge in [0, 0.05) is 23.2 Å². The fourth-order valence-electron chi connectivity index (χ4n) is 3.18. The molecular formula is C21H19ClF2N2O4. The van der Waals surface area contributed by atoms with Gasteiger partial charge in [0.15, 0.2) is 11.6 Å². The lowest BCUT2D eigenvalue weighted by molar-refractivity contribution is -0.146. The second-order valence-corrected chi connectivity index (χ2v) is 6.82. The van der Waals surface area contributed by atoms with Gasteiger partial charge in [-0.1, -0.05) is 25.4 Å². The topological polar surface area (TPSA) is 81.4 Å². The number of cyclic esters (lactones) is 1. The number of rotatable bonds is 2. The smallest absolute Gasteiger partial charge is 0.309 e. The van der Waals surface area contributed by atoms with Crippen LogP contribution in [0, 0.1) is 11.6 Å². The lowest BCUT2D eigenvalue weighted by Gasteiger charge is -2.13. The van der Waals surface area contributed by atoms with Gasteiger partial charge in [0.25, 0.3) is 5.56 Å². The van der Waals surface area contributed by atoms with Crippen molar-refractivity contribution in [3.8, 4) is 0 Å². The molecule has 4 rings (SSSR count). The molecule has 3 aromatic rings. The van der Waals surface area contributed by atoms with Gasteiger partial charge in [-0.05, 0) is 23.8 Å². The molecule has 1 atom stereocenters. The first-order chi connectivity index (χ1) is 14.3. The predicted molar refractivity (Wildman–Crippen MR) is 107 cm³/mol. The highest BCUT2D eigenvalue weighted by Crippen LogP contribution is 2.25. The van der Waals surface area contributed by atoms with Gasteiger partial charge in [-0.3, -0.25) is 9.59 Å². The van der Waals surface area contributed by atoms with E-state index in [0.717, 1.165) is 12.1 Å². The van der Waals surface area contributed by atoms with Crippen molar-refractivity contribution in [3.63, 3.8) is 0 Å². The van der Waals surface area contributed by atoms with Crippen molar-refractivity contribution in [2.75, 3.05) is 0 Å². The average molecular weight is 437 g/mol. The van der Waals surface area contributed by atoms with Crippen LogP contribution in [-0.2, 0) is 22.7 Å². The number of aliphatic hydroxyl groups is 1. The Morgan fingerprint density at radius 3 is 2.67 bits per heavy atom. The number of aliphatic hydroxyl groups excluding tert-OH is 1. The predicted octanol–water partition coefficient (Wildman–Crippen LogP) is 3.88. The first kappa shape index (κ1) is 21.9. The van der Waals surface area contributed by atoms with Gasteiger partial charge in [0.05, 0.1) is 30.1 Å². The number of carbonyl (C=O) groups is 1. The highest BCUT2D eigenvalue weighted by Gasteiger charge is 2.25. The van der Waals surface area contributed by atoms with Crippen LogP contribution < -0.4 is 5.56 Å². The van der Waals surface area contributed by atoms with Crippen LogP contribution in [0.2, 0.25) is 5.15 Å². The fraction of sp³-hybridized carbons (Fsp3) is 0.286.